The normalized spacial score (nSPS) is 13.7. The van der Waals surface area contributed by atoms with E-state index in [0.29, 0.717) is 17.0 Å². The highest BCUT2D eigenvalue weighted by Gasteiger charge is 2.29. The average molecular weight is 362 g/mol. The number of benzene rings is 2. The van der Waals surface area contributed by atoms with Gasteiger partial charge in [-0.25, -0.2) is 9.97 Å². The van der Waals surface area contributed by atoms with Gasteiger partial charge in [-0.2, -0.15) is 0 Å². The molecule has 138 valence electrons. The lowest BCUT2D eigenvalue weighted by Gasteiger charge is -2.11. The van der Waals surface area contributed by atoms with E-state index in [1.54, 1.807) is 12.3 Å². The third-order valence-electron chi connectivity index (χ3n) is 4.50. The van der Waals surface area contributed by atoms with Crippen LogP contribution < -0.4 is 10.6 Å². The number of hydrogen-bond acceptors (Lipinski definition) is 5. The molecular formula is C21H22N4O2. The quantitative estimate of drug-likeness (QED) is 0.634. The summed E-state index contributed by atoms with van der Waals surface area (Å²) in [4.78, 5) is 20.8. The van der Waals surface area contributed by atoms with Crippen LogP contribution in [0.25, 0.3) is 22.0 Å². The van der Waals surface area contributed by atoms with Crippen molar-refractivity contribution < 1.29 is 9.90 Å². The molecule has 1 heterocycles. The molecule has 0 atom stereocenters. The average Bonchev–Trinajstić information content (AvgIpc) is 3.46. The minimum Gasteiger partial charge on any atom is -0.507 e. The molecule has 6 heteroatoms. The number of rotatable bonds is 5. The Bertz CT molecular complexity index is 1010. The number of carbonyl (C=O) groups is 1. The first kappa shape index (κ1) is 17.3. The van der Waals surface area contributed by atoms with Crippen molar-refractivity contribution in [1.29, 1.82) is 0 Å². The van der Waals surface area contributed by atoms with Crippen molar-refractivity contribution in [2.45, 2.75) is 32.7 Å². The minimum atomic E-state index is 0.0634. The summed E-state index contributed by atoms with van der Waals surface area (Å²) < 4.78 is 0. The fraction of sp³-hybridized carbons (Fsp3) is 0.286. The van der Waals surface area contributed by atoms with Crippen LogP contribution in [0.15, 0.2) is 42.6 Å². The minimum absolute atomic E-state index is 0.0634. The summed E-state index contributed by atoms with van der Waals surface area (Å²) >= 11 is 0. The lowest BCUT2D eigenvalue weighted by atomic mass is 10.0. The zero-order valence-corrected chi connectivity index (χ0v) is 15.4. The molecule has 3 N–H and O–H groups in total. The van der Waals surface area contributed by atoms with Crippen molar-refractivity contribution in [2.75, 3.05) is 10.6 Å². The van der Waals surface area contributed by atoms with Crippen LogP contribution in [-0.4, -0.2) is 27.0 Å². The van der Waals surface area contributed by atoms with E-state index in [9.17, 15) is 9.90 Å². The number of phenols is 1. The van der Waals surface area contributed by atoms with Gasteiger partial charge in [0.25, 0.3) is 0 Å². The second-order valence-corrected chi connectivity index (χ2v) is 7.27. The molecule has 1 fully saturated rings. The fourth-order valence-electron chi connectivity index (χ4n) is 2.98. The molecule has 0 radical (unpaired) electrons. The van der Waals surface area contributed by atoms with Crippen molar-refractivity contribution >= 4 is 28.4 Å². The second kappa shape index (κ2) is 6.87. The summed E-state index contributed by atoms with van der Waals surface area (Å²) in [6.07, 6.45) is 3.67. The largest absolute Gasteiger partial charge is 0.507 e. The van der Waals surface area contributed by atoms with Crippen molar-refractivity contribution in [2.24, 2.45) is 5.92 Å². The van der Waals surface area contributed by atoms with Gasteiger partial charge in [0.1, 0.15) is 5.75 Å². The summed E-state index contributed by atoms with van der Waals surface area (Å²) in [5.41, 5.74) is 2.91. The van der Waals surface area contributed by atoms with Crippen LogP contribution in [0, 0.1) is 5.92 Å². The molecule has 27 heavy (non-hydrogen) atoms. The predicted octanol–water partition coefficient (Wildman–Crippen LogP) is 4.17. The monoisotopic (exact) mass is 362 g/mol. The SMILES string of the molecule is CC(C)Nc1ncc2cc(-c3cccc(NC(=O)C4CC4)c3)c(O)cc2n1. The number of amides is 1. The summed E-state index contributed by atoms with van der Waals surface area (Å²) in [7, 11) is 0. The molecule has 1 amide bonds. The van der Waals surface area contributed by atoms with Crippen LogP contribution in [0.3, 0.4) is 0 Å². The van der Waals surface area contributed by atoms with Crippen molar-refractivity contribution in [3.8, 4) is 16.9 Å². The molecule has 3 aromatic rings. The maximum atomic E-state index is 12.0. The zero-order valence-electron chi connectivity index (χ0n) is 15.4. The molecule has 0 saturated heterocycles. The predicted molar refractivity (Wildman–Crippen MR) is 107 cm³/mol. The lowest BCUT2D eigenvalue weighted by molar-refractivity contribution is -0.117. The van der Waals surface area contributed by atoms with Gasteiger partial charge < -0.3 is 15.7 Å². The molecule has 1 saturated carbocycles. The van der Waals surface area contributed by atoms with E-state index >= 15 is 0 Å². The Morgan fingerprint density at radius 2 is 2.04 bits per heavy atom. The molecule has 6 nitrogen and oxygen atoms in total. The number of fused-ring (bicyclic) bond motifs is 1. The van der Waals surface area contributed by atoms with Gasteiger partial charge in [0, 0.05) is 40.9 Å². The van der Waals surface area contributed by atoms with Crippen LogP contribution in [0.4, 0.5) is 11.6 Å². The zero-order chi connectivity index (χ0) is 19.0. The number of hydrogen-bond donors (Lipinski definition) is 3. The van der Waals surface area contributed by atoms with Gasteiger partial charge in [0.05, 0.1) is 5.52 Å². The summed E-state index contributed by atoms with van der Waals surface area (Å²) in [5, 5.41) is 17.5. The standard InChI is InChI=1S/C21H22N4O2/c1-12(2)23-21-22-11-15-9-17(19(26)10-18(15)25-21)14-4-3-5-16(8-14)24-20(27)13-6-7-13/h3-5,8-13,26H,6-7H2,1-2H3,(H,24,27)(H,22,23,25). The fourth-order valence-corrected chi connectivity index (χ4v) is 2.98. The van der Waals surface area contributed by atoms with E-state index in [4.69, 9.17) is 0 Å². The van der Waals surface area contributed by atoms with Gasteiger partial charge in [-0.3, -0.25) is 4.79 Å². The molecule has 1 aliphatic carbocycles. The molecule has 0 unspecified atom stereocenters. The molecular weight excluding hydrogens is 340 g/mol. The van der Waals surface area contributed by atoms with E-state index < -0.39 is 0 Å². The van der Waals surface area contributed by atoms with Gasteiger partial charge in [0.15, 0.2) is 0 Å². The van der Waals surface area contributed by atoms with Crippen molar-refractivity contribution in [1.82, 2.24) is 9.97 Å². The van der Waals surface area contributed by atoms with Crippen LogP contribution in [0.2, 0.25) is 0 Å². The summed E-state index contributed by atoms with van der Waals surface area (Å²) in [5.74, 6) is 0.888. The lowest BCUT2D eigenvalue weighted by Crippen LogP contribution is -2.13. The number of nitrogens with one attached hydrogen (secondary N) is 2. The summed E-state index contributed by atoms with van der Waals surface area (Å²) in [6.45, 7) is 4.03. The molecule has 2 aromatic carbocycles. The van der Waals surface area contributed by atoms with Crippen LogP contribution >= 0.6 is 0 Å². The Morgan fingerprint density at radius 3 is 2.78 bits per heavy atom. The van der Waals surface area contributed by atoms with Crippen molar-refractivity contribution in [3.05, 3.63) is 42.6 Å². The van der Waals surface area contributed by atoms with Crippen LogP contribution in [-0.2, 0) is 4.79 Å². The molecule has 0 spiro atoms. The summed E-state index contributed by atoms with van der Waals surface area (Å²) in [6, 6.07) is 11.2. The Hall–Kier alpha value is -3.15. The van der Waals surface area contributed by atoms with E-state index in [1.807, 2.05) is 44.2 Å². The Labute approximate surface area is 157 Å². The van der Waals surface area contributed by atoms with Gasteiger partial charge in [-0.1, -0.05) is 12.1 Å². The van der Waals surface area contributed by atoms with E-state index in [1.165, 1.54) is 0 Å². The number of aromatic hydroxyl groups is 1. The first-order valence-corrected chi connectivity index (χ1v) is 9.17. The number of nitrogens with zero attached hydrogens (tertiary/aromatic N) is 2. The maximum Gasteiger partial charge on any atom is 0.227 e. The molecule has 0 bridgehead atoms. The first-order valence-electron chi connectivity index (χ1n) is 9.17. The molecule has 4 rings (SSSR count). The smallest absolute Gasteiger partial charge is 0.227 e. The topological polar surface area (TPSA) is 87.1 Å². The molecule has 1 aliphatic rings. The van der Waals surface area contributed by atoms with E-state index in [2.05, 4.69) is 20.6 Å². The van der Waals surface area contributed by atoms with Gasteiger partial charge in [-0.05, 0) is 50.5 Å². The van der Waals surface area contributed by atoms with Crippen LogP contribution in [0.5, 0.6) is 5.75 Å². The first-order chi connectivity index (χ1) is 13.0. The second-order valence-electron chi connectivity index (χ2n) is 7.27. The third kappa shape index (κ3) is 3.84. The van der Waals surface area contributed by atoms with Gasteiger partial charge >= 0.3 is 0 Å². The molecule has 0 aliphatic heterocycles. The van der Waals surface area contributed by atoms with Crippen molar-refractivity contribution in [3.63, 3.8) is 0 Å². The van der Waals surface area contributed by atoms with E-state index in [0.717, 1.165) is 29.5 Å². The Morgan fingerprint density at radius 1 is 1.22 bits per heavy atom. The number of carbonyl (C=O) groups excluding carboxylic acids is 1. The highest BCUT2D eigenvalue weighted by Crippen LogP contribution is 2.35. The maximum absolute atomic E-state index is 12.0. The number of phenolic OH excluding ortho intramolecular Hbond substituents is 1. The number of anilines is 2. The van der Waals surface area contributed by atoms with E-state index in [-0.39, 0.29) is 23.6 Å². The Balaban J connectivity index is 1.66. The van der Waals surface area contributed by atoms with Crippen LogP contribution in [0.1, 0.15) is 26.7 Å². The number of aromatic nitrogens is 2. The van der Waals surface area contributed by atoms with Gasteiger partial charge in [0.2, 0.25) is 11.9 Å². The Kier molecular flexibility index (Phi) is 4.39. The third-order valence-corrected chi connectivity index (χ3v) is 4.50. The highest BCUT2D eigenvalue weighted by atomic mass is 16.3. The highest BCUT2D eigenvalue weighted by molar-refractivity contribution is 5.95. The van der Waals surface area contributed by atoms with Gasteiger partial charge in [-0.15, -0.1) is 0 Å². The molecule has 1 aromatic heterocycles.